The van der Waals surface area contributed by atoms with Crippen LogP contribution in [-0.4, -0.2) is 16.0 Å². The molecule has 3 rings (SSSR count). The zero-order valence-electron chi connectivity index (χ0n) is 12.1. The third-order valence-electron chi connectivity index (χ3n) is 3.37. The summed E-state index contributed by atoms with van der Waals surface area (Å²) in [6.45, 7) is 0.130. The van der Waals surface area contributed by atoms with Gasteiger partial charge in [-0.1, -0.05) is 18.2 Å². The molecule has 0 aliphatic heterocycles. The Morgan fingerprint density at radius 3 is 2.65 bits per heavy atom. The van der Waals surface area contributed by atoms with E-state index in [4.69, 9.17) is 4.42 Å². The number of hydrogen-bond acceptors (Lipinski definition) is 4. The van der Waals surface area contributed by atoms with Crippen LogP contribution in [0.5, 0.6) is 5.75 Å². The summed E-state index contributed by atoms with van der Waals surface area (Å²) < 4.78 is 5.19. The van der Waals surface area contributed by atoms with E-state index in [1.54, 1.807) is 36.4 Å². The van der Waals surface area contributed by atoms with Crippen molar-refractivity contribution in [2.24, 2.45) is 0 Å². The van der Waals surface area contributed by atoms with Crippen LogP contribution in [0.15, 0.2) is 64.0 Å². The SMILES string of the molecule is O=C(NCc1ccccc1O)c1ccc(-c2ccco2)[nH]c1=O. The average Bonchev–Trinajstić information content (AvgIpc) is 3.08. The number of benzene rings is 1. The molecule has 0 unspecified atom stereocenters. The minimum atomic E-state index is -0.513. The lowest BCUT2D eigenvalue weighted by Crippen LogP contribution is -2.29. The summed E-state index contributed by atoms with van der Waals surface area (Å²) in [5.41, 5.74) is 0.561. The Balaban J connectivity index is 1.75. The number of pyridine rings is 1. The van der Waals surface area contributed by atoms with Gasteiger partial charge in [-0.25, -0.2) is 0 Å². The van der Waals surface area contributed by atoms with E-state index in [0.717, 1.165) is 0 Å². The van der Waals surface area contributed by atoms with Crippen LogP contribution in [0, 0.1) is 0 Å². The number of rotatable bonds is 4. The molecule has 0 aliphatic rings. The van der Waals surface area contributed by atoms with E-state index in [0.29, 0.717) is 17.0 Å². The van der Waals surface area contributed by atoms with Crippen molar-refractivity contribution in [1.29, 1.82) is 0 Å². The fourth-order valence-electron chi connectivity index (χ4n) is 2.16. The van der Waals surface area contributed by atoms with Gasteiger partial charge in [0.15, 0.2) is 0 Å². The van der Waals surface area contributed by atoms with Crippen molar-refractivity contribution < 1.29 is 14.3 Å². The van der Waals surface area contributed by atoms with E-state index in [-0.39, 0.29) is 17.9 Å². The van der Waals surface area contributed by atoms with Gasteiger partial charge in [0.2, 0.25) is 0 Å². The first-order chi connectivity index (χ1) is 11.1. The number of nitrogens with one attached hydrogen (secondary N) is 2. The summed E-state index contributed by atoms with van der Waals surface area (Å²) in [6.07, 6.45) is 1.50. The van der Waals surface area contributed by atoms with Crippen LogP contribution in [0.25, 0.3) is 11.5 Å². The number of amides is 1. The molecule has 0 bridgehead atoms. The number of phenols is 1. The first-order valence-electron chi connectivity index (χ1n) is 6.97. The standard InChI is InChI=1S/C17H14N2O4/c20-14-5-2-1-4-11(14)10-18-16(21)12-7-8-13(19-17(12)22)15-6-3-9-23-15/h1-9,20H,10H2,(H,18,21)(H,19,22). The van der Waals surface area contributed by atoms with Crippen molar-refractivity contribution in [1.82, 2.24) is 10.3 Å². The molecule has 1 amide bonds. The minimum absolute atomic E-state index is 0.00396. The van der Waals surface area contributed by atoms with Crippen molar-refractivity contribution in [3.05, 3.63) is 76.3 Å². The normalized spacial score (nSPS) is 10.4. The smallest absolute Gasteiger partial charge is 0.261 e. The van der Waals surface area contributed by atoms with Gasteiger partial charge in [0, 0.05) is 12.1 Å². The highest BCUT2D eigenvalue weighted by Crippen LogP contribution is 2.16. The molecule has 2 heterocycles. The van der Waals surface area contributed by atoms with Gasteiger partial charge >= 0.3 is 0 Å². The molecular weight excluding hydrogens is 296 g/mol. The number of furan rings is 1. The Morgan fingerprint density at radius 1 is 1.13 bits per heavy atom. The Hall–Kier alpha value is -3.28. The number of H-pyrrole nitrogens is 1. The Morgan fingerprint density at radius 2 is 1.96 bits per heavy atom. The molecule has 0 fully saturated rings. The van der Waals surface area contributed by atoms with Gasteiger partial charge in [0.25, 0.3) is 11.5 Å². The highest BCUT2D eigenvalue weighted by Gasteiger charge is 2.12. The summed E-state index contributed by atoms with van der Waals surface area (Å²) in [5, 5.41) is 12.3. The minimum Gasteiger partial charge on any atom is -0.508 e. The van der Waals surface area contributed by atoms with Crippen LogP contribution >= 0.6 is 0 Å². The molecule has 0 aliphatic carbocycles. The number of para-hydroxylation sites is 1. The topological polar surface area (TPSA) is 95.3 Å². The largest absolute Gasteiger partial charge is 0.508 e. The monoisotopic (exact) mass is 310 g/mol. The van der Waals surface area contributed by atoms with E-state index in [1.165, 1.54) is 18.4 Å². The second-order valence-corrected chi connectivity index (χ2v) is 4.90. The molecular formula is C17H14N2O4. The van der Waals surface area contributed by atoms with Gasteiger partial charge < -0.3 is 19.8 Å². The lowest BCUT2D eigenvalue weighted by molar-refractivity contribution is 0.0949. The maximum atomic E-state index is 12.1. The quantitative estimate of drug-likeness (QED) is 0.689. The van der Waals surface area contributed by atoms with Crippen molar-refractivity contribution in [3.63, 3.8) is 0 Å². The van der Waals surface area contributed by atoms with E-state index in [1.807, 2.05) is 0 Å². The van der Waals surface area contributed by atoms with Crippen LogP contribution < -0.4 is 10.9 Å². The van der Waals surface area contributed by atoms with Crippen LogP contribution in [0.4, 0.5) is 0 Å². The summed E-state index contributed by atoms with van der Waals surface area (Å²) in [7, 11) is 0. The Bertz CT molecular complexity index is 882. The number of hydrogen-bond donors (Lipinski definition) is 3. The summed E-state index contributed by atoms with van der Waals surface area (Å²) in [5.74, 6) is 0.0960. The van der Waals surface area contributed by atoms with E-state index in [2.05, 4.69) is 10.3 Å². The van der Waals surface area contributed by atoms with Gasteiger partial charge in [0.1, 0.15) is 17.1 Å². The van der Waals surface area contributed by atoms with Crippen LogP contribution in [0.2, 0.25) is 0 Å². The number of aromatic nitrogens is 1. The molecule has 6 heteroatoms. The third kappa shape index (κ3) is 3.16. The molecule has 23 heavy (non-hydrogen) atoms. The number of phenolic OH excluding ortho intramolecular Hbond substituents is 1. The molecule has 0 saturated carbocycles. The summed E-state index contributed by atoms with van der Waals surface area (Å²) in [4.78, 5) is 26.8. The van der Waals surface area contributed by atoms with Crippen molar-refractivity contribution in [2.45, 2.75) is 6.54 Å². The van der Waals surface area contributed by atoms with Crippen molar-refractivity contribution in [3.8, 4) is 17.2 Å². The fourth-order valence-corrected chi connectivity index (χ4v) is 2.16. The first-order valence-corrected chi connectivity index (χ1v) is 6.97. The van der Waals surface area contributed by atoms with Gasteiger partial charge in [-0.2, -0.15) is 0 Å². The molecule has 0 radical (unpaired) electrons. The maximum absolute atomic E-state index is 12.1. The lowest BCUT2D eigenvalue weighted by atomic mass is 10.2. The van der Waals surface area contributed by atoms with E-state index in [9.17, 15) is 14.7 Å². The second kappa shape index (κ2) is 6.23. The molecule has 116 valence electrons. The van der Waals surface area contributed by atoms with Crippen LogP contribution in [0.1, 0.15) is 15.9 Å². The predicted octanol–water partition coefficient (Wildman–Crippen LogP) is 2.27. The van der Waals surface area contributed by atoms with E-state index < -0.39 is 11.5 Å². The van der Waals surface area contributed by atoms with Gasteiger partial charge in [-0.05, 0) is 30.3 Å². The molecule has 2 aromatic heterocycles. The average molecular weight is 310 g/mol. The number of carbonyl (C=O) groups is 1. The molecule has 3 N–H and O–H groups in total. The molecule has 0 atom stereocenters. The zero-order chi connectivity index (χ0) is 16.2. The van der Waals surface area contributed by atoms with Crippen molar-refractivity contribution in [2.75, 3.05) is 0 Å². The summed E-state index contributed by atoms with van der Waals surface area (Å²) >= 11 is 0. The lowest BCUT2D eigenvalue weighted by Gasteiger charge is -2.07. The second-order valence-electron chi connectivity index (χ2n) is 4.90. The molecule has 3 aromatic rings. The highest BCUT2D eigenvalue weighted by atomic mass is 16.3. The first kappa shape index (κ1) is 14.6. The van der Waals surface area contributed by atoms with Crippen molar-refractivity contribution >= 4 is 5.91 Å². The van der Waals surface area contributed by atoms with Gasteiger partial charge in [-0.15, -0.1) is 0 Å². The number of aromatic amines is 1. The molecule has 0 spiro atoms. The fraction of sp³-hybridized carbons (Fsp3) is 0.0588. The van der Waals surface area contributed by atoms with E-state index >= 15 is 0 Å². The number of carbonyl (C=O) groups excluding carboxylic acids is 1. The Kier molecular flexibility index (Phi) is 3.97. The van der Waals surface area contributed by atoms with Crippen LogP contribution in [0.3, 0.4) is 0 Å². The molecule has 0 saturated heterocycles. The third-order valence-corrected chi connectivity index (χ3v) is 3.37. The molecule has 6 nitrogen and oxygen atoms in total. The Labute approximate surface area is 131 Å². The zero-order valence-corrected chi connectivity index (χ0v) is 12.1. The summed E-state index contributed by atoms with van der Waals surface area (Å²) in [6, 6.07) is 13.1. The molecule has 1 aromatic carbocycles. The van der Waals surface area contributed by atoms with Crippen LogP contribution in [-0.2, 0) is 6.54 Å². The maximum Gasteiger partial charge on any atom is 0.261 e. The van der Waals surface area contributed by atoms with Gasteiger partial charge in [0.05, 0.1) is 12.0 Å². The number of aromatic hydroxyl groups is 1. The van der Waals surface area contributed by atoms with Gasteiger partial charge in [-0.3, -0.25) is 9.59 Å². The highest BCUT2D eigenvalue weighted by molar-refractivity contribution is 5.94. The predicted molar refractivity (Wildman–Crippen MR) is 84.0 cm³/mol.